The largest absolute Gasteiger partial charge is 0.464 e. The van der Waals surface area contributed by atoms with Crippen molar-refractivity contribution in [2.24, 2.45) is 5.73 Å². The molecular weight excluding hydrogens is 342 g/mol. The second kappa shape index (κ2) is 6.78. The van der Waals surface area contributed by atoms with Gasteiger partial charge in [-0.3, -0.25) is 9.36 Å². The van der Waals surface area contributed by atoms with Crippen LogP contribution in [-0.4, -0.2) is 28.5 Å². The first-order valence-corrected chi connectivity index (χ1v) is 7.72. The van der Waals surface area contributed by atoms with Gasteiger partial charge in [0.1, 0.15) is 0 Å². The van der Waals surface area contributed by atoms with Crippen molar-refractivity contribution in [3.8, 4) is 16.8 Å². The molecule has 2 N–H and O–H groups in total. The van der Waals surface area contributed by atoms with Gasteiger partial charge in [0.25, 0.3) is 5.91 Å². The Bertz CT molecular complexity index is 966. The van der Waals surface area contributed by atoms with Gasteiger partial charge in [0.2, 0.25) is 5.82 Å². The summed E-state index contributed by atoms with van der Waals surface area (Å²) in [5, 5.41) is 0.607. The van der Waals surface area contributed by atoms with Gasteiger partial charge in [-0.15, -0.1) is 0 Å². The number of nitrogens with two attached hydrogens (primary N) is 1. The standard InChI is InChI=1S/C18H14ClN3O3/c1-25-18(24)15-10-22(17(21-15)16(20)23)12-6-4-5-11(9-12)13-7-2-3-8-14(13)19/h2-10H,1H3,(H2,20,23). The highest BCUT2D eigenvalue weighted by Gasteiger charge is 2.19. The average Bonchev–Trinajstić information content (AvgIpc) is 3.07. The van der Waals surface area contributed by atoms with E-state index in [1.165, 1.54) is 17.9 Å². The molecule has 1 heterocycles. The van der Waals surface area contributed by atoms with Crippen LogP contribution in [0.4, 0.5) is 0 Å². The van der Waals surface area contributed by atoms with E-state index in [2.05, 4.69) is 9.72 Å². The van der Waals surface area contributed by atoms with Crippen molar-refractivity contribution in [1.82, 2.24) is 9.55 Å². The van der Waals surface area contributed by atoms with E-state index in [1.807, 2.05) is 36.4 Å². The van der Waals surface area contributed by atoms with E-state index in [4.69, 9.17) is 17.3 Å². The Hall–Kier alpha value is -3.12. The number of ether oxygens (including phenoxy) is 1. The maximum Gasteiger partial charge on any atom is 0.358 e. The van der Waals surface area contributed by atoms with Gasteiger partial charge in [-0.05, 0) is 23.8 Å². The summed E-state index contributed by atoms with van der Waals surface area (Å²) in [7, 11) is 1.24. The molecule has 0 aliphatic carbocycles. The number of nitrogens with zero attached hydrogens (tertiary/aromatic N) is 2. The van der Waals surface area contributed by atoms with E-state index < -0.39 is 11.9 Å². The molecule has 0 fully saturated rings. The molecule has 25 heavy (non-hydrogen) atoms. The number of halogens is 1. The van der Waals surface area contributed by atoms with Crippen LogP contribution in [-0.2, 0) is 4.74 Å². The fourth-order valence-electron chi connectivity index (χ4n) is 2.47. The number of primary amides is 1. The van der Waals surface area contributed by atoms with Gasteiger partial charge in [0.05, 0.1) is 7.11 Å². The van der Waals surface area contributed by atoms with Crippen LogP contribution in [0.25, 0.3) is 16.8 Å². The van der Waals surface area contributed by atoms with Crippen LogP contribution in [0.3, 0.4) is 0 Å². The summed E-state index contributed by atoms with van der Waals surface area (Å²) in [4.78, 5) is 27.4. The van der Waals surface area contributed by atoms with Crippen molar-refractivity contribution in [3.63, 3.8) is 0 Å². The summed E-state index contributed by atoms with van der Waals surface area (Å²) in [5.41, 5.74) is 7.70. The highest BCUT2D eigenvalue weighted by molar-refractivity contribution is 6.33. The number of esters is 1. The summed E-state index contributed by atoms with van der Waals surface area (Å²) in [6.07, 6.45) is 1.41. The number of aromatic nitrogens is 2. The van der Waals surface area contributed by atoms with Crippen molar-refractivity contribution >= 4 is 23.5 Å². The lowest BCUT2D eigenvalue weighted by atomic mass is 10.1. The van der Waals surface area contributed by atoms with Crippen LogP contribution in [0, 0.1) is 0 Å². The normalized spacial score (nSPS) is 10.5. The van der Waals surface area contributed by atoms with Crippen molar-refractivity contribution in [2.75, 3.05) is 7.11 Å². The second-order valence-electron chi connectivity index (χ2n) is 5.21. The third kappa shape index (κ3) is 3.25. The molecule has 0 aliphatic rings. The molecule has 0 spiro atoms. The number of benzene rings is 2. The molecule has 3 aromatic rings. The average molecular weight is 356 g/mol. The number of amides is 1. The third-order valence-electron chi connectivity index (χ3n) is 3.63. The Morgan fingerprint density at radius 3 is 2.60 bits per heavy atom. The monoisotopic (exact) mass is 355 g/mol. The van der Waals surface area contributed by atoms with E-state index in [0.717, 1.165) is 11.1 Å². The lowest BCUT2D eigenvalue weighted by molar-refractivity contribution is 0.0594. The molecule has 2 aromatic carbocycles. The summed E-state index contributed by atoms with van der Waals surface area (Å²) in [6, 6.07) is 14.7. The molecule has 0 unspecified atom stereocenters. The van der Waals surface area contributed by atoms with Gasteiger partial charge >= 0.3 is 5.97 Å². The first-order valence-electron chi connectivity index (χ1n) is 7.34. The third-order valence-corrected chi connectivity index (χ3v) is 3.96. The van der Waals surface area contributed by atoms with Gasteiger partial charge in [-0.1, -0.05) is 41.9 Å². The second-order valence-corrected chi connectivity index (χ2v) is 5.61. The molecule has 0 aliphatic heterocycles. The van der Waals surface area contributed by atoms with Crippen LogP contribution in [0.1, 0.15) is 21.1 Å². The van der Waals surface area contributed by atoms with Gasteiger partial charge in [0.15, 0.2) is 5.69 Å². The zero-order valence-corrected chi connectivity index (χ0v) is 14.0. The molecule has 1 amide bonds. The minimum absolute atomic E-state index is 0.000512. The highest BCUT2D eigenvalue weighted by atomic mass is 35.5. The first-order chi connectivity index (χ1) is 12.0. The predicted octanol–water partition coefficient (Wildman–Crippen LogP) is 3.08. The molecule has 1 aromatic heterocycles. The van der Waals surface area contributed by atoms with E-state index in [9.17, 15) is 9.59 Å². The minimum Gasteiger partial charge on any atom is -0.464 e. The SMILES string of the molecule is COC(=O)c1cn(-c2cccc(-c3ccccc3Cl)c2)c(C(N)=O)n1. The number of rotatable bonds is 4. The number of methoxy groups -OCH3 is 1. The number of hydrogen-bond donors (Lipinski definition) is 1. The Morgan fingerprint density at radius 1 is 1.16 bits per heavy atom. The predicted molar refractivity (Wildman–Crippen MR) is 93.9 cm³/mol. The summed E-state index contributed by atoms with van der Waals surface area (Å²) in [6.45, 7) is 0. The molecule has 0 saturated heterocycles. The topological polar surface area (TPSA) is 87.2 Å². The van der Waals surface area contributed by atoms with Crippen LogP contribution < -0.4 is 5.73 Å². The smallest absolute Gasteiger partial charge is 0.358 e. The molecule has 0 bridgehead atoms. The van der Waals surface area contributed by atoms with E-state index in [0.29, 0.717) is 10.7 Å². The van der Waals surface area contributed by atoms with Gasteiger partial charge in [-0.25, -0.2) is 9.78 Å². The molecule has 6 nitrogen and oxygen atoms in total. The van der Waals surface area contributed by atoms with Crippen LogP contribution in [0.2, 0.25) is 5.02 Å². The molecule has 3 rings (SSSR count). The fraction of sp³-hybridized carbons (Fsp3) is 0.0556. The number of carbonyl (C=O) groups excluding carboxylic acids is 2. The van der Waals surface area contributed by atoms with Crippen LogP contribution in [0.5, 0.6) is 0 Å². The number of carbonyl (C=O) groups is 2. The van der Waals surface area contributed by atoms with Crippen molar-refractivity contribution in [3.05, 3.63) is 71.3 Å². The summed E-state index contributed by atoms with van der Waals surface area (Å²) in [5.74, 6) is -1.46. The lowest BCUT2D eigenvalue weighted by Gasteiger charge is -2.09. The highest BCUT2D eigenvalue weighted by Crippen LogP contribution is 2.29. The molecule has 7 heteroatoms. The van der Waals surface area contributed by atoms with Gasteiger partial charge < -0.3 is 10.5 Å². The van der Waals surface area contributed by atoms with Crippen LogP contribution >= 0.6 is 11.6 Å². The Kier molecular flexibility index (Phi) is 4.54. The molecule has 0 atom stereocenters. The molecule has 126 valence electrons. The molecule has 0 saturated carbocycles. The van der Waals surface area contributed by atoms with E-state index >= 15 is 0 Å². The minimum atomic E-state index is -0.752. The van der Waals surface area contributed by atoms with E-state index in [-0.39, 0.29) is 11.5 Å². The van der Waals surface area contributed by atoms with Crippen molar-refractivity contribution in [1.29, 1.82) is 0 Å². The van der Waals surface area contributed by atoms with Gasteiger partial charge in [0, 0.05) is 22.5 Å². The lowest BCUT2D eigenvalue weighted by Crippen LogP contribution is -2.17. The molecule has 0 radical (unpaired) electrons. The maximum absolute atomic E-state index is 11.7. The van der Waals surface area contributed by atoms with E-state index in [1.54, 1.807) is 12.1 Å². The van der Waals surface area contributed by atoms with Crippen molar-refractivity contribution in [2.45, 2.75) is 0 Å². The van der Waals surface area contributed by atoms with Gasteiger partial charge in [-0.2, -0.15) is 0 Å². The van der Waals surface area contributed by atoms with Crippen molar-refractivity contribution < 1.29 is 14.3 Å². The quantitative estimate of drug-likeness (QED) is 0.728. The number of hydrogen-bond acceptors (Lipinski definition) is 4. The Balaban J connectivity index is 2.13. The zero-order chi connectivity index (χ0) is 18.0. The summed E-state index contributed by atoms with van der Waals surface area (Å²) < 4.78 is 6.10. The Labute approximate surface area is 148 Å². The van der Waals surface area contributed by atoms with Crippen LogP contribution in [0.15, 0.2) is 54.7 Å². The zero-order valence-electron chi connectivity index (χ0n) is 13.3. The summed E-state index contributed by atoms with van der Waals surface area (Å²) >= 11 is 6.25. The Morgan fingerprint density at radius 2 is 1.92 bits per heavy atom. The maximum atomic E-state index is 11.7. The first kappa shape index (κ1) is 16.7. The molecular formula is C18H14ClN3O3. The fourth-order valence-corrected chi connectivity index (χ4v) is 2.72. The number of imidazole rings is 1.